The first-order valence-corrected chi connectivity index (χ1v) is 11.2. The van der Waals surface area contributed by atoms with Crippen molar-refractivity contribution < 1.29 is 19.4 Å². The third-order valence-electron chi connectivity index (χ3n) is 5.27. The lowest BCUT2D eigenvalue weighted by molar-refractivity contribution is -0.117. The van der Waals surface area contributed by atoms with Gasteiger partial charge in [-0.2, -0.15) is 0 Å². The van der Waals surface area contributed by atoms with Gasteiger partial charge in [-0.1, -0.05) is 29.5 Å². The van der Waals surface area contributed by atoms with Crippen LogP contribution in [-0.4, -0.2) is 77.6 Å². The molecular formula is C22H30N4O4S. The predicted molar refractivity (Wildman–Crippen MR) is 121 cm³/mol. The van der Waals surface area contributed by atoms with Gasteiger partial charge in [-0.05, 0) is 44.9 Å². The van der Waals surface area contributed by atoms with E-state index < -0.39 is 5.60 Å². The number of benzene rings is 1. The van der Waals surface area contributed by atoms with Crippen LogP contribution in [-0.2, 0) is 4.79 Å². The predicted octanol–water partition coefficient (Wildman–Crippen LogP) is 2.39. The topological polar surface area (TPSA) is 95.0 Å². The third kappa shape index (κ3) is 6.49. The van der Waals surface area contributed by atoms with E-state index in [4.69, 9.17) is 4.74 Å². The summed E-state index contributed by atoms with van der Waals surface area (Å²) in [5.41, 5.74) is -0.299. The number of rotatable bonds is 7. The van der Waals surface area contributed by atoms with E-state index in [1.807, 2.05) is 35.2 Å². The number of nitrogens with zero attached hydrogens (tertiary/aromatic N) is 3. The van der Waals surface area contributed by atoms with Crippen molar-refractivity contribution in [3.05, 3.63) is 40.9 Å². The Morgan fingerprint density at radius 2 is 2.00 bits per heavy atom. The van der Waals surface area contributed by atoms with Crippen molar-refractivity contribution >= 4 is 28.3 Å². The van der Waals surface area contributed by atoms with Crippen LogP contribution < -0.4 is 10.1 Å². The third-order valence-corrected chi connectivity index (χ3v) is 6.33. The number of thiazole rings is 1. The second kappa shape index (κ2) is 10.2. The lowest BCUT2D eigenvalue weighted by Crippen LogP contribution is -2.38. The summed E-state index contributed by atoms with van der Waals surface area (Å²) < 4.78 is 5.76. The molecule has 9 heteroatoms. The summed E-state index contributed by atoms with van der Waals surface area (Å²) in [7, 11) is 3.37. The van der Waals surface area contributed by atoms with Crippen molar-refractivity contribution in [3.63, 3.8) is 0 Å². The molecule has 0 radical (unpaired) electrons. The number of aryl methyl sites for hydroxylation is 1. The van der Waals surface area contributed by atoms with Crippen LogP contribution in [0, 0.1) is 6.92 Å². The monoisotopic (exact) mass is 446 g/mol. The normalized spacial score (nSPS) is 19.5. The van der Waals surface area contributed by atoms with Crippen LogP contribution in [0.1, 0.15) is 34.6 Å². The minimum Gasteiger partial charge on any atom is -0.491 e. The number of nitrogens with one attached hydrogen (secondary N) is 1. The highest BCUT2D eigenvalue weighted by molar-refractivity contribution is 7.17. The molecule has 8 nitrogen and oxygen atoms in total. The highest BCUT2D eigenvalue weighted by Gasteiger charge is 2.31. The van der Waals surface area contributed by atoms with Crippen molar-refractivity contribution in [1.29, 1.82) is 0 Å². The number of amides is 2. The molecule has 2 amide bonds. The zero-order valence-electron chi connectivity index (χ0n) is 18.3. The molecule has 0 saturated carbocycles. The number of aromatic nitrogens is 1. The van der Waals surface area contributed by atoms with Gasteiger partial charge in [0.15, 0.2) is 5.13 Å². The molecule has 2 heterocycles. The highest BCUT2D eigenvalue weighted by atomic mass is 32.1. The second-order valence-electron chi connectivity index (χ2n) is 8.14. The van der Waals surface area contributed by atoms with Gasteiger partial charge in [-0.3, -0.25) is 14.5 Å². The first-order chi connectivity index (χ1) is 14.8. The fraction of sp³-hybridized carbons (Fsp3) is 0.500. The van der Waals surface area contributed by atoms with Gasteiger partial charge in [0.2, 0.25) is 5.91 Å². The number of likely N-dealkylation sites (tertiary alicyclic amines) is 1. The Bertz CT molecular complexity index is 902. The Kier molecular flexibility index (Phi) is 7.64. The summed E-state index contributed by atoms with van der Waals surface area (Å²) in [4.78, 5) is 33.0. The number of aliphatic hydroxyl groups is 1. The van der Waals surface area contributed by atoms with E-state index in [0.29, 0.717) is 35.1 Å². The van der Waals surface area contributed by atoms with E-state index in [2.05, 4.69) is 10.3 Å². The molecule has 1 aromatic carbocycles. The fourth-order valence-corrected chi connectivity index (χ4v) is 4.49. The number of ether oxygens (including phenoxy) is 1. The van der Waals surface area contributed by atoms with Gasteiger partial charge < -0.3 is 20.1 Å². The van der Waals surface area contributed by atoms with Gasteiger partial charge in [0.05, 0.1) is 17.8 Å². The Morgan fingerprint density at radius 3 is 2.71 bits per heavy atom. The van der Waals surface area contributed by atoms with E-state index in [9.17, 15) is 14.7 Å². The molecule has 168 valence electrons. The first kappa shape index (κ1) is 23.2. The molecule has 0 aliphatic carbocycles. The largest absolute Gasteiger partial charge is 0.491 e. The number of hydrogen-bond donors (Lipinski definition) is 2. The molecule has 1 aliphatic heterocycles. The quantitative estimate of drug-likeness (QED) is 0.678. The number of carbonyl (C=O) groups is 2. The molecule has 2 N–H and O–H groups in total. The smallest absolute Gasteiger partial charge is 0.265 e. The summed E-state index contributed by atoms with van der Waals surface area (Å²) in [5.74, 6) is 0.436. The molecule has 3 rings (SSSR count). The Labute approximate surface area is 186 Å². The fourth-order valence-electron chi connectivity index (χ4n) is 3.48. The number of carbonyl (C=O) groups excluding carboxylic acids is 2. The molecule has 1 fully saturated rings. The van der Waals surface area contributed by atoms with Crippen LogP contribution in [0.15, 0.2) is 30.3 Å². The maximum absolute atomic E-state index is 12.5. The minimum absolute atomic E-state index is 0.125. The van der Waals surface area contributed by atoms with Crippen molar-refractivity contribution in [2.45, 2.75) is 31.8 Å². The SMILES string of the molecule is Cc1nc(NC(=O)CN2CCC[C@](O)(COc3ccccc3)CC2)sc1C(=O)N(C)C. The van der Waals surface area contributed by atoms with Crippen LogP contribution in [0.25, 0.3) is 0 Å². The maximum Gasteiger partial charge on any atom is 0.265 e. The van der Waals surface area contributed by atoms with Crippen molar-refractivity contribution in [3.8, 4) is 5.75 Å². The summed E-state index contributed by atoms with van der Waals surface area (Å²) in [5, 5.41) is 14.2. The lowest BCUT2D eigenvalue weighted by atomic mass is 9.96. The molecule has 1 atom stereocenters. The first-order valence-electron chi connectivity index (χ1n) is 10.4. The van der Waals surface area contributed by atoms with Gasteiger partial charge in [-0.25, -0.2) is 4.98 Å². The van der Waals surface area contributed by atoms with E-state index in [1.165, 1.54) is 16.2 Å². The highest BCUT2D eigenvalue weighted by Crippen LogP contribution is 2.25. The van der Waals surface area contributed by atoms with Crippen LogP contribution in [0.3, 0.4) is 0 Å². The summed E-state index contributed by atoms with van der Waals surface area (Å²) >= 11 is 1.19. The minimum atomic E-state index is -0.908. The van der Waals surface area contributed by atoms with Crippen molar-refractivity contribution in [2.75, 3.05) is 45.7 Å². The summed E-state index contributed by atoms with van der Waals surface area (Å²) in [6.45, 7) is 3.53. The van der Waals surface area contributed by atoms with Gasteiger partial charge in [0, 0.05) is 20.6 Å². The zero-order valence-corrected chi connectivity index (χ0v) is 19.1. The van der Waals surface area contributed by atoms with E-state index >= 15 is 0 Å². The standard InChI is InChI=1S/C22H30N4O4S/c1-16-19(20(28)25(2)3)31-21(23-16)24-18(27)14-26-12-7-10-22(29,11-13-26)15-30-17-8-5-4-6-9-17/h4-6,8-9,29H,7,10-15H2,1-3H3,(H,23,24,27)/t22-/m1/s1. The van der Waals surface area contributed by atoms with Crippen LogP contribution in [0.2, 0.25) is 0 Å². The number of anilines is 1. The Hall–Kier alpha value is -2.49. The molecule has 31 heavy (non-hydrogen) atoms. The number of hydrogen-bond acceptors (Lipinski definition) is 7. The lowest BCUT2D eigenvalue weighted by Gasteiger charge is -2.26. The number of para-hydroxylation sites is 1. The van der Waals surface area contributed by atoms with Crippen molar-refractivity contribution in [2.24, 2.45) is 0 Å². The molecular weight excluding hydrogens is 416 g/mol. The molecule has 1 aliphatic rings. The van der Waals surface area contributed by atoms with Gasteiger partial charge in [-0.15, -0.1) is 0 Å². The van der Waals surface area contributed by atoms with Crippen LogP contribution in [0.5, 0.6) is 5.75 Å². The Morgan fingerprint density at radius 1 is 1.26 bits per heavy atom. The maximum atomic E-state index is 12.5. The van der Waals surface area contributed by atoms with E-state index in [1.54, 1.807) is 21.0 Å². The molecule has 2 aromatic rings. The summed E-state index contributed by atoms with van der Waals surface area (Å²) in [6.07, 6.45) is 1.93. The van der Waals surface area contributed by atoms with Gasteiger partial charge in [0.25, 0.3) is 5.91 Å². The zero-order chi connectivity index (χ0) is 22.4. The Balaban J connectivity index is 1.50. The average Bonchev–Trinajstić information content (AvgIpc) is 2.99. The van der Waals surface area contributed by atoms with Crippen LogP contribution in [0.4, 0.5) is 5.13 Å². The van der Waals surface area contributed by atoms with E-state index in [-0.39, 0.29) is 25.0 Å². The van der Waals surface area contributed by atoms with Crippen LogP contribution >= 0.6 is 11.3 Å². The average molecular weight is 447 g/mol. The molecule has 1 aromatic heterocycles. The molecule has 0 unspecified atom stereocenters. The molecule has 0 bridgehead atoms. The molecule has 1 saturated heterocycles. The van der Waals surface area contributed by atoms with E-state index in [0.717, 1.165) is 18.7 Å². The summed E-state index contributed by atoms with van der Waals surface area (Å²) in [6, 6.07) is 9.46. The van der Waals surface area contributed by atoms with Crippen molar-refractivity contribution in [1.82, 2.24) is 14.8 Å². The van der Waals surface area contributed by atoms with Gasteiger partial charge in [0.1, 0.15) is 17.2 Å². The second-order valence-corrected chi connectivity index (χ2v) is 9.14. The molecule has 0 spiro atoms. The van der Waals surface area contributed by atoms with Gasteiger partial charge >= 0.3 is 0 Å².